The van der Waals surface area contributed by atoms with Gasteiger partial charge in [0, 0.05) is 61.1 Å². The Hall–Kier alpha value is -2.87. The number of pyridine rings is 1. The van der Waals surface area contributed by atoms with Gasteiger partial charge in [-0.1, -0.05) is 49.7 Å². The van der Waals surface area contributed by atoms with Crippen LogP contribution in [-0.2, 0) is 9.53 Å². The Balaban J connectivity index is 0.000000198. The number of benzene rings is 2. The quantitative estimate of drug-likeness (QED) is 0.222. The molecule has 0 aliphatic carbocycles. The Bertz CT molecular complexity index is 1340. The Labute approximate surface area is 232 Å². The molecule has 0 spiro atoms. The van der Waals surface area contributed by atoms with Crippen molar-refractivity contribution in [3.8, 4) is 0 Å². The predicted octanol–water partition coefficient (Wildman–Crippen LogP) is 6.60. The van der Waals surface area contributed by atoms with Gasteiger partial charge in [-0.15, -0.1) is 0 Å². The fourth-order valence-electron chi connectivity index (χ4n) is 4.76. The zero-order valence-electron chi connectivity index (χ0n) is 21.8. The van der Waals surface area contributed by atoms with Gasteiger partial charge in [0.1, 0.15) is 5.82 Å². The number of fused-ring (bicyclic) bond motifs is 1. The smallest absolute Gasteiger partial charge is 0.258 e. The molecule has 2 aromatic carbocycles. The average Bonchev–Trinajstić information content (AvgIpc) is 3.43. The maximum absolute atomic E-state index is 13.8. The van der Waals surface area contributed by atoms with Gasteiger partial charge in [-0.05, 0) is 61.1 Å². The van der Waals surface area contributed by atoms with E-state index in [2.05, 4.69) is 6.58 Å². The maximum atomic E-state index is 13.8. The zero-order valence-corrected chi connectivity index (χ0v) is 23.3. The molecule has 0 radical (unpaired) electrons. The Morgan fingerprint density at radius 1 is 1.13 bits per heavy atom. The third-order valence-electron chi connectivity index (χ3n) is 6.70. The van der Waals surface area contributed by atoms with Crippen LogP contribution in [0.2, 0.25) is 10.0 Å². The lowest BCUT2D eigenvalue weighted by Crippen LogP contribution is -2.28. The van der Waals surface area contributed by atoms with Gasteiger partial charge in [-0.3, -0.25) is 9.59 Å². The summed E-state index contributed by atoms with van der Waals surface area (Å²) in [5.74, 6) is -0.626. The standard InChI is InChI=1S/C14H16N2O2.C13H12Cl2FNO.C2H6/c15-11-2-1-10-3-6-16(14(17)13(10)9-11)12-4-7-18-8-5-12;1-2-11(18)17-6-5-8(7-17)12-10(16)4-3-9(14)13(12)15;1-2/h1-3,6,9,12H,4-5,7-8,15H2;2-4,8H,1,5-7H2;1-2H3. The fraction of sp³-hybridized carbons (Fsp3) is 0.379. The number of hydrogen-bond acceptors (Lipinski definition) is 4. The second-order valence-corrected chi connectivity index (χ2v) is 9.73. The van der Waals surface area contributed by atoms with Crippen LogP contribution in [0.1, 0.15) is 50.6 Å². The lowest BCUT2D eigenvalue weighted by Gasteiger charge is -2.24. The molecular formula is C29H34Cl2FN3O3. The number of nitrogens with zero attached hydrogens (tertiary/aromatic N) is 2. The van der Waals surface area contributed by atoms with Crippen molar-refractivity contribution in [2.75, 3.05) is 32.0 Å². The zero-order chi connectivity index (χ0) is 27.8. The van der Waals surface area contributed by atoms with Crippen LogP contribution < -0.4 is 11.3 Å². The van der Waals surface area contributed by atoms with Crippen LogP contribution in [0, 0.1) is 5.82 Å². The first-order valence-corrected chi connectivity index (χ1v) is 13.6. The van der Waals surface area contributed by atoms with Gasteiger partial charge >= 0.3 is 0 Å². The van der Waals surface area contributed by atoms with Crippen molar-refractivity contribution in [3.05, 3.63) is 87.0 Å². The van der Waals surface area contributed by atoms with Crippen LogP contribution in [0.15, 0.2) is 60.0 Å². The van der Waals surface area contributed by atoms with Crippen molar-refractivity contribution in [2.45, 2.75) is 45.1 Å². The molecule has 3 heterocycles. The number of aromatic nitrogens is 1. The summed E-state index contributed by atoms with van der Waals surface area (Å²) in [6.45, 7) is 9.92. The molecule has 2 N–H and O–H groups in total. The molecule has 1 aromatic heterocycles. The molecule has 9 heteroatoms. The first-order chi connectivity index (χ1) is 18.3. The average molecular weight is 563 g/mol. The Morgan fingerprint density at radius 2 is 1.84 bits per heavy atom. The number of nitrogens with two attached hydrogens (primary N) is 1. The number of carbonyl (C=O) groups excluding carboxylic acids is 1. The topological polar surface area (TPSA) is 77.6 Å². The summed E-state index contributed by atoms with van der Waals surface area (Å²) >= 11 is 11.9. The molecule has 2 aliphatic rings. The molecule has 38 heavy (non-hydrogen) atoms. The molecule has 2 aliphatic heterocycles. The van der Waals surface area contributed by atoms with E-state index >= 15 is 0 Å². The monoisotopic (exact) mass is 561 g/mol. The van der Waals surface area contributed by atoms with Gasteiger partial charge < -0.3 is 19.9 Å². The third kappa shape index (κ3) is 6.76. The molecule has 0 saturated carbocycles. The van der Waals surface area contributed by atoms with E-state index in [1.165, 1.54) is 18.2 Å². The highest BCUT2D eigenvalue weighted by Gasteiger charge is 2.30. The molecule has 1 atom stereocenters. The van der Waals surface area contributed by atoms with E-state index in [0.717, 1.165) is 31.4 Å². The number of nitrogen functional groups attached to an aromatic ring is 1. The van der Waals surface area contributed by atoms with Gasteiger partial charge in [0.2, 0.25) is 5.91 Å². The van der Waals surface area contributed by atoms with Crippen LogP contribution in [0.5, 0.6) is 0 Å². The van der Waals surface area contributed by atoms with Gasteiger partial charge in [-0.25, -0.2) is 4.39 Å². The van der Waals surface area contributed by atoms with E-state index in [1.54, 1.807) is 11.0 Å². The number of anilines is 1. The molecule has 1 unspecified atom stereocenters. The molecule has 6 nitrogen and oxygen atoms in total. The van der Waals surface area contributed by atoms with Gasteiger partial charge in [0.25, 0.3) is 5.56 Å². The number of likely N-dealkylation sites (tertiary alicyclic amines) is 1. The minimum Gasteiger partial charge on any atom is -0.399 e. The summed E-state index contributed by atoms with van der Waals surface area (Å²) in [6.07, 6.45) is 5.62. The van der Waals surface area contributed by atoms with Gasteiger partial charge in [0.05, 0.1) is 10.0 Å². The summed E-state index contributed by atoms with van der Waals surface area (Å²) in [7, 11) is 0. The molecule has 5 rings (SSSR count). The lowest BCUT2D eigenvalue weighted by molar-refractivity contribution is -0.125. The van der Waals surface area contributed by atoms with Crippen molar-refractivity contribution in [3.63, 3.8) is 0 Å². The largest absolute Gasteiger partial charge is 0.399 e. The normalized spacial score (nSPS) is 17.3. The maximum Gasteiger partial charge on any atom is 0.258 e. The number of hydrogen-bond donors (Lipinski definition) is 1. The van der Waals surface area contributed by atoms with Crippen molar-refractivity contribution < 1.29 is 13.9 Å². The van der Waals surface area contributed by atoms with Crippen LogP contribution in [0.25, 0.3) is 10.8 Å². The lowest BCUT2D eigenvalue weighted by atomic mass is 9.98. The molecule has 3 aromatic rings. The third-order valence-corrected chi connectivity index (χ3v) is 7.52. The molecule has 2 fully saturated rings. The predicted molar refractivity (Wildman–Crippen MR) is 154 cm³/mol. The summed E-state index contributed by atoms with van der Waals surface area (Å²) in [5, 5.41) is 2.22. The first-order valence-electron chi connectivity index (χ1n) is 12.8. The molecule has 0 bridgehead atoms. The molecule has 1 amide bonds. The second-order valence-electron chi connectivity index (χ2n) is 8.95. The number of halogens is 3. The second kappa shape index (κ2) is 13.8. The van der Waals surface area contributed by atoms with Crippen molar-refractivity contribution in [1.82, 2.24) is 9.47 Å². The van der Waals surface area contributed by atoms with Crippen LogP contribution >= 0.6 is 23.2 Å². The van der Waals surface area contributed by atoms with E-state index < -0.39 is 0 Å². The van der Waals surface area contributed by atoms with Crippen LogP contribution in [0.3, 0.4) is 0 Å². The fourth-order valence-corrected chi connectivity index (χ4v) is 5.24. The highest BCUT2D eigenvalue weighted by atomic mass is 35.5. The summed E-state index contributed by atoms with van der Waals surface area (Å²) in [5.41, 5.74) is 6.84. The highest BCUT2D eigenvalue weighted by molar-refractivity contribution is 6.42. The summed E-state index contributed by atoms with van der Waals surface area (Å²) < 4.78 is 21.0. The summed E-state index contributed by atoms with van der Waals surface area (Å²) in [6, 6.07) is 10.4. The molecule has 204 valence electrons. The van der Waals surface area contributed by atoms with E-state index in [9.17, 15) is 14.0 Å². The SMILES string of the molecule is C=CC(=O)N1CCC(c2c(F)ccc(Cl)c2Cl)C1.CC.Nc1ccc2ccn(C3CCOCC3)c(=O)c2c1. The van der Waals surface area contributed by atoms with Crippen LogP contribution in [0.4, 0.5) is 10.1 Å². The number of amides is 1. The summed E-state index contributed by atoms with van der Waals surface area (Å²) in [4.78, 5) is 25.6. The minimum absolute atomic E-state index is 0.0479. The van der Waals surface area contributed by atoms with E-state index in [4.69, 9.17) is 33.7 Å². The minimum atomic E-state index is -0.373. The number of carbonyl (C=O) groups is 1. The number of rotatable bonds is 3. The molecular weight excluding hydrogens is 528 g/mol. The van der Waals surface area contributed by atoms with Crippen LogP contribution in [-0.4, -0.2) is 41.7 Å². The molecule has 2 saturated heterocycles. The highest BCUT2D eigenvalue weighted by Crippen LogP contribution is 2.37. The van der Waals surface area contributed by atoms with E-state index in [1.807, 2.05) is 42.8 Å². The van der Waals surface area contributed by atoms with Crippen molar-refractivity contribution in [1.29, 1.82) is 0 Å². The van der Waals surface area contributed by atoms with Crippen molar-refractivity contribution in [2.24, 2.45) is 0 Å². The van der Waals surface area contributed by atoms with E-state index in [-0.39, 0.29) is 34.3 Å². The van der Waals surface area contributed by atoms with Crippen molar-refractivity contribution >= 4 is 45.6 Å². The van der Waals surface area contributed by atoms with E-state index in [0.29, 0.717) is 41.2 Å². The first kappa shape index (κ1) is 29.7. The Kier molecular flexibility index (Phi) is 10.8. The van der Waals surface area contributed by atoms with Gasteiger partial charge in [-0.2, -0.15) is 0 Å². The van der Waals surface area contributed by atoms with Gasteiger partial charge in [0.15, 0.2) is 0 Å². The Morgan fingerprint density at radius 3 is 2.53 bits per heavy atom. The number of ether oxygens (including phenoxy) is 1.